The number of nitrogens with zero attached hydrogens (tertiary/aromatic N) is 1. The van der Waals surface area contributed by atoms with E-state index in [1.165, 1.54) is 16.9 Å². The molecule has 5 nitrogen and oxygen atoms in total. The topological polar surface area (TPSA) is 69.6 Å². The molecule has 2 aliphatic rings. The number of benzene rings is 1. The van der Waals surface area contributed by atoms with Gasteiger partial charge < -0.3 is 15.3 Å². The average molecular weight is 370 g/mol. The summed E-state index contributed by atoms with van der Waals surface area (Å²) < 4.78 is 0. The second-order valence-corrected chi connectivity index (χ2v) is 8.03. The van der Waals surface area contributed by atoms with Crippen LogP contribution in [0.25, 0.3) is 0 Å². The lowest BCUT2D eigenvalue weighted by atomic mass is 9.95. The molecule has 2 heterocycles. The zero-order valence-corrected chi connectivity index (χ0v) is 15.4. The third kappa shape index (κ3) is 3.21. The maximum Gasteiger partial charge on any atom is 0.339 e. The van der Waals surface area contributed by atoms with Gasteiger partial charge in [0.15, 0.2) is 0 Å². The maximum atomic E-state index is 12.6. The Labute approximate surface area is 156 Å². The number of nitrogens with one attached hydrogen (secondary N) is 1. The largest absolute Gasteiger partial charge is 0.478 e. The molecule has 1 aliphatic heterocycles. The molecule has 1 aromatic heterocycles. The lowest BCUT2D eigenvalue weighted by molar-refractivity contribution is -0.115. The molecule has 2 N–H and O–H groups in total. The molecule has 2 aromatic rings. The minimum atomic E-state index is -0.942. The fourth-order valence-electron chi connectivity index (χ4n) is 4.00. The predicted octanol–water partition coefficient (Wildman–Crippen LogP) is 3.72. The average Bonchev–Trinajstić information content (AvgIpc) is 2.99. The number of thiophene rings is 1. The molecule has 1 amide bonds. The number of amides is 1. The van der Waals surface area contributed by atoms with Gasteiger partial charge in [-0.2, -0.15) is 0 Å². The normalized spacial score (nSPS) is 15.9. The first-order valence-electron chi connectivity index (χ1n) is 9.14. The molecule has 0 spiro atoms. The quantitative estimate of drug-likeness (QED) is 0.861. The fraction of sp³-hybridized carbons (Fsp3) is 0.400. The van der Waals surface area contributed by atoms with E-state index in [1.807, 2.05) is 18.2 Å². The summed E-state index contributed by atoms with van der Waals surface area (Å²) in [6.07, 6.45) is 5.87. The summed E-state index contributed by atoms with van der Waals surface area (Å²) in [5.41, 5.74) is 3.60. The molecule has 0 radical (unpaired) electrons. The van der Waals surface area contributed by atoms with Crippen molar-refractivity contribution < 1.29 is 14.7 Å². The Balaban J connectivity index is 1.53. The monoisotopic (exact) mass is 370 g/mol. The molecule has 4 rings (SSSR count). The van der Waals surface area contributed by atoms with Gasteiger partial charge in [0.1, 0.15) is 5.00 Å². The van der Waals surface area contributed by atoms with Gasteiger partial charge in [-0.1, -0.05) is 18.2 Å². The lowest BCUT2D eigenvalue weighted by Crippen LogP contribution is -2.36. The van der Waals surface area contributed by atoms with Crippen molar-refractivity contribution in [2.24, 2.45) is 0 Å². The number of hydrogen-bond donors (Lipinski definition) is 2. The van der Waals surface area contributed by atoms with Crippen LogP contribution in [0, 0.1) is 0 Å². The lowest BCUT2D eigenvalue weighted by Gasteiger charge is -2.30. The van der Waals surface area contributed by atoms with Crippen molar-refractivity contribution in [1.29, 1.82) is 0 Å². The van der Waals surface area contributed by atoms with Crippen LogP contribution in [-0.2, 0) is 24.1 Å². The van der Waals surface area contributed by atoms with E-state index in [-0.39, 0.29) is 12.5 Å². The van der Waals surface area contributed by atoms with Gasteiger partial charge in [-0.15, -0.1) is 11.3 Å². The molecule has 1 aromatic carbocycles. The number of aromatic carboxylic acids is 1. The number of hydrogen-bond acceptors (Lipinski definition) is 4. The van der Waals surface area contributed by atoms with Crippen LogP contribution in [0.4, 0.5) is 10.7 Å². The number of carbonyl (C=O) groups is 2. The van der Waals surface area contributed by atoms with Crippen molar-refractivity contribution in [1.82, 2.24) is 0 Å². The van der Waals surface area contributed by atoms with Crippen LogP contribution in [0.15, 0.2) is 24.3 Å². The maximum absolute atomic E-state index is 12.6. The molecule has 0 atom stereocenters. The zero-order valence-electron chi connectivity index (χ0n) is 14.6. The van der Waals surface area contributed by atoms with Crippen molar-refractivity contribution in [3.63, 3.8) is 0 Å². The van der Waals surface area contributed by atoms with Crippen LogP contribution >= 0.6 is 11.3 Å². The Hall–Kier alpha value is -2.34. The van der Waals surface area contributed by atoms with Gasteiger partial charge in [-0.3, -0.25) is 4.79 Å². The van der Waals surface area contributed by atoms with E-state index < -0.39 is 5.97 Å². The summed E-state index contributed by atoms with van der Waals surface area (Å²) in [6, 6.07) is 8.17. The molecule has 0 unspecified atom stereocenters. The number of aryl methyl sites for hydroxylation is 2. The Morgan fingerprint density at radius 3 is 2.77 bits per heavy atom. The SMILES string of the molecule is O=C(CN1CCCc2ccccc21)Nc1sc2c(c1C(=O)O)CCCC2. The minimum absolute atomic E-state index is 0.150. The smallest absolute Gasteiger partial charge is 0.339 e. The van der Waals surface area contributed by atoms with Gasteiger partial charge in [-0.25, -0.2) is 4.79 Å². The number of fused-ring (bicyclic) bond motifs is 2. The van der Waals surface area contributed by atoms with Crippen LogP contribution in [0.2, 0.25) is 0 Å². The highest BCUT2D eigenvalue weighted by Gasteiger charge is 2.27. The summed E-state index contributed by atoms with van der Waals surface area (Å²) in [5.74, 6) is -1.09. The van der Waals surface area contributed by atoms with Gasteiger partial charge in [0, 0.05) is 17.1 Å². The van der Waals surface area contributed by atoms with Crippen LogP contribution in [0.1, 0.15) is 45.6 Å². The summed E-state index contributed by atoms with van der Waals surface area (Å²) in [6.45, 7) is 1.09. The highest BCUT2D eigenvalue weighted by molar-refractivity contribution is 7.17. The number of para-hydroxylation sites is 1. The summed E-state index contributed by atoms with van der Waals surface area (Å²) in [4.78, 5) is 27.6. The molecular weight excluding hydrogens is 348 g/mol. The number of anilines is 2. The van der Waals surface area contributed by atoms with E-state index in [2.05, 4.69) is 16.3 Å². The number of rotatable bonds is 4. The second-order valence-electron chi connectivity index (χ2n) is 6.92. The molecule has 6 heteroatoms. The molecule has 1 aliphatic carbocycles. The Morgan fingerprint density at radius 2 is 1.92 bits per heavy atom. The van der Waals surface area contributed by atoms with Gasteiger partial charge in [-0.05, 0) is 55.7 Å². The molecular formula is C20H22N2O3S. The van der Waals surface area contributed by atoms with Crippen molar-refractivity contribution in [2.45, 2.75) is 38.5 Å². The first-order valence-corrected chi connectivity index (χ1v) is 9.95. The van der Waals surface area contributed by atoms with E-state index in [1.54, 1.807) is 0 Å². The Morgan fingerprint density at radius 1 is 1.12 bits per heavy atom. The van der Waals surface area contributed by atoms with Crippen molar-refractivity contribution in [3.8, 4) is 0 Å². The van der Waals surface area contributed by atoms with Crippen LogP contribution < -0.4 is 10.2 Å². The van der Waals surface area contributed by atoms with Gasteiger partial charge in [0.25, 0.3) is 0 Å². The van der Waals surface area contributed by atoms with Crippen molar-refractivity contribution >= 4 is 33.9 Å². The first-order chi connectivity index (χ1) is 12.6. The van der Waals surface area contributed by atoms with Gasteiger partial charge in [0.05, 0.1) is 12.1 Å². The van der Waals surface area contributed by atoms with Gasteiger partial charge >= 0.3 is 5.97 Å². The summed E-state index contributed by atoms with van der Waals surface area (Å²) in [5, 5.41) is 13.0. The molecule has 0 fully saturated rings. The van der Waals surface area contributed by atoms with E-state index in [4.69, 9.17) is 0 Å². The molecule has 0 saturated carbocycles. The van der Waals surface area contributed by atoms with Crippen molar-refractivity contribution in [3.05, 3.63) is 45.8 Å². The fourth-order valence-corrected chi connectivity index (χ4v) is 5.29. The summed E-state index contributed by atoms with van der Waals surface area (Å²) in [7, 11) is 0. The number of carbonyl (C=O) groups excluding carboxylic acids is 1. The predicted molar refractivity (Wildman–Crippen MR) is 104 cm³/mol. The highest BCUT2D eigenvalue weighted by Crippen LogP contribution is 2.38. The third-order valence-corrected chi connectivity index (χ3v) is 6.39. The first kappa shape index (κ1) is 17.1. The Kier molecular flexibility index (Phi) is 4.68. The minimum Gasteiger partial charge on any atom is -0.478 e. The number of carboxylic acids is 1. The molecule has 0 saturated heterocycles. The molecule has 136 valence electrons. The molecule has 0 bridgehead atoms. The van der Waals surface area contributed by atoms with Gasteiger partial charge in [0.2, 0.25) is 5.91 Å². The third-order valence-electron chi connectivity index (χ3n) is 5.18. The van der Waals surface area contributed by atoms with E-state index in [9.17, 15) is 14.7 Å². The van der Waals surface area contributed by atoms with Crippen molar-refractivity contribution in [2.75, 3.05) is 23.3 Å². The standard InChI is InChI=1S/C20H22N2O3S/c23-17(12-22-11-5-7-13-6-1-3-9-15(13)22)21-19-18(20(24)25)14-8-2-4-10-16(14)26-19/h1,3,6,9H,2,4-5,7-8,10-12H2,(H,21,23)(H,24,25). The summed E-state index contributed by atoms with van der Waals surface area (Å²) >= 11 is 1.43. The van der Waals surface area contributed by atoms with Crippen LogP contribution in [0.5, 0.6) is 0 Å². The molecule has 26 heavy (non-hydrogen) atoms. The Bertz CT molecular complexity index is 859. The van der Waals surface area contributed by atoms with Crippen LogP contribution in [0.3, 0.4) is 0 Å². The second kappa shape index (κ2) is 7.11. The zero-order chi connectivity index (χ0) is 18.1. The van der Waals surface area contributed by atoms with E-state index in [0.29, 0.717) is 10.6 Å². The van der Waals surface area contributed by atoms with E-state index >= 15 is 0 Å². The van der Waals surface area contributed by atoms with E-state index in [0.717, 1.165) is 61.2 Å². The van der Waals surface area contributed by atoms with Crippen LogP contribution in [-0.4, -0.2) is 30.1 Å². The highest BCUT2D eigenvalue weighted by atomic mass is 32.1. The number of carboxylic acid groups (broad SMARTS) is 1.